The Morgan fingerprint density at radius 3 is 2.41 bits per heavy atom. The Hall–Kier alpha value is -0.120. The Morgan fingerprint density at radius 1 is 1.29 bits per heavy atom. The fourth-order valence-corrected chi connectivity index (χ4v) is 2.78. The van der Waals surface area contributed by atoms with Gasteiger partial charge in [-0.15, -0.1) is 0 Å². The molecule has 0 N–H and O–H groups in total. The molecule has 0 spiro atoms. The van der Waals surface area contributed by atoms with E-state index < -0.39 is 0 Å². The molecular formula is C14H28N2O. The molecule has 0 radical (unpaired) electrons. The molecule has 0 atom stereocenters. The predicted molar refractivity (Wildman–Crippen MR) is 71.2 cm³/mol. The third-order valence-electron chi connectivity index (χ3n) is 3.90. The van der Waals surface area contributed by atoms with Gasteiger partial charge in [0.15, 0.2) is 0 Å². The fourth-order valence-electron chi connectivity index (χ4n) is 2.78. The second kappa shape index (κ2) is 5.25. The smallest absolute Gasteiger partial charge is 0.0538 e. The standard InChI is InChI=1S/C14H28N2O/c1-12(2)17-11-14(5-6-14)10-16-8-13(9-16)7-15(3)4/h12-13H,5-11H2,1-4H3. The van der Waals surface area contributed by atoms with E-state index in [9.17, 15) is 0 Å². The van der Waals surface area contributed by atoms with E-state index in [1.54, 1.807) is 0 Å². The first-order chi connectivity index (χ1) is 7.99. The van der Waals surface area contributed by atoms with E-state index >= 15 is 0 Å². The number of rotatable bonds is 7. The van der Waals surface area contributed by atoms with E-state index in [0.29, 0.717) is 11.5 Å². The molecule has 0 aromatic rings. The molecule has 2 fully saturated rings. The summed E-state index contributed by atoms with van der Waals surface area (Å²) >= 11 is 0. The first-order valence-electron chi connectivity index (χ1n) is 6.98. The van der Waals surface area contributed by atoms with Gasteiger partial charge in [0, 0.05) is 31.6 Å². The monoisotopic (exact) mass is 240 g/mol. The number of hydrogen-bond acceptors (Lipinski definition) is 3. The van der Waals surface area contributed by atoms with Crippen molar-refractivity contribution < 1.29 is 4.74 Å². The Bertz CT molecular complexity index is 243. The molecule has 0 aromatic carbocycles. The minimum Gasteiger partial charge on any atom is -0.378 e. The molecular weight excluding hydrogens is 212 g/mol. The van der Waals surface area contributed by atoms with Gasteiger partial charge in [-0.2, -0.15) is 0 Å². The van der Waals surface area contributed by atoms with Crippen molar-refractivity contribution in [1.82, 2.24) is 9.80 Å². The van der Waals surface area contributed by atoms with Crippen molar-refractivity contribution in [3.63, 3.8) is 0 Å². The first kappa shape index (κ1) is 13.3. The lowest BCUT2D eigenvalue weighted by Crippen LogP contribution is -2.52. The van der Waals surface area contributed by atoms with Crippen LogP contribution in [-0.4, -0.2) is 62.8 Å². The summed E-state index contributed by atoms with van der Waals surface area (Å²) in [5.41, 5.74) is 0.521. The van der Waals surface area contributed by atoms with Gasteiger partial charge in [0.05, 0.1) is 12.7 Å². The van der Waals surface area contributed by atoms with Gasteiger partial charge in [0.2, 0.25) is 0 Å². The van der Waals surface area contributed by atoms with Gasteiger partial charge in [-0.1, -0.05) is 0 Å². The molecule has 0 aromatic heterocycles. The summed E-state index contributed by atoms with van der Waals surface area (Å²) in [5.74, 6) is 0.895. The van der Waals surface area contributed by atoms with Gasteiger partial charge in [-0.3, -0.25) is 0 Å². The summed E-state index contributed by atoms with van der Waals surface area (Å²) in [5, 5.41) is 0. The molecule has 3 heteroatoms. The van der Waals surface area contributed by atoms with E-state index in [1.807, 2.05) is 0 Å². The molecule has 2 aliphatic rings. The molecule has 3 nitrogen and oxygen atoms in total. The minimum absolute atomic E-state index is 0.380. The van der Waals surface area contributed by atoms with Crippen LogP contribution in [0.4, 0.5) is 0 Å². The molecule has 17 heavy (non-hydrogen) atoms. The summed E-state index contributed by atoms with van der Waals surface area (Å²) in [6, 6.07) is 0. The van der Waals surface area contributed by atoms with Gasteiger partial charge in [-0.25, -0.2) is 0 Å². The molecule has 0 bridgehead atoms. The molecule has 0 unspecified atom stereocenters. The Morgan fingerprint density at radius 2 is 1.94 bits per heavy atom. The lowest BCUT2D eigenvalue weighted by atomic mass is 9.96. The van der Waals surface area contributed by atoms with E-state index in [0.717, 1.165) is 12.5 Å². The van der Waals surface area contributed by atoms with Gasteiger partial charge in [0.25, 0.3) is 0 Å². The Labute approximate surface area is 106 Å². The van der Waals surface area contributed by atoms with Crippen LogP contribution in [0.1, 0.15) is 26.7 Å². The van der Waals surface area contributed by atoms with Gasteiger partial charge >= 0.3 is 0 Å². The average Bonchev–Trinajstić information content (AvgIpc) is 2.92. The molecule has 1 aliphatic heterocycles. The highest BCUT2D eigenvalue weighted by Crippen LogP contribution is 2.47. The summed E-state index contributed by atoms with van der Waals surface area (Å²) in [7, 11) is 4.34. The molecule has 0 amide bonds. The minimum atomic E-state index is 0.380. The van der Waals surface area contributed by atoms with Crippen LogP contribution in [0.3, 0.4) is 0 Å². The average molecular weight is 240 g/mol. The van der Waals surface area contributed by atoms with E-state index in [4.69, 9.17) is 4.74 Å². The summed E-state index contributed by atoms with van der Waals surface area (Å²) in [6.07, 6.45) is 3.12. The zero-order valence-corrected chi connectivity index (χ0v) is 11.9. The normalized spacial score (nSPS) is 24.4. The van der Waals surface area contributed by atoms with E-state index in [1.165, 1.54) is 39.0 Å². The second-order valence-electron chi connectivity index (χ2n) is 6.68. The molecule has 100 valence electrons. The quantitative estimate of drug-likeness (QED) is 0.673. The number of nitrogens with zero attached hydrogens (tertiary/aromatic N) is 2. The Kier molecular flexibility index (Phi) is 4.11. The van der Waals surface area contributed by atoms with Gasteiger partial charge in [0.1, 0.15) is 0 Å². The van der Waals surface area contributed by atoms with Gasteiger partial charge in [-0.05, 0) is 46.7 Å². The maximum absolute atomic E-state index is 5.80. The summed E-state index contributed by atoms with van der Waals surface area (Å²) in [4.78, 5) is 4.92. The highest BCUT2D eigenvalue weighted by Gasteiger charge is 2.46. The molecule has 1 saturated carbocycles. The SMILES string of the molecule is CC(C)OCC1(CN2CC(CN(C)C)C2)CC1. The largest absolute Gasteiger partial charge is 0.378 e. The van der Waals surface area contributed by atoms with Crippen molar-refractivity contribution in [2.75, 3.05) is 46.9 Å². The number of likely N-dealkylation sites (tertiary alicyclic amines) is 1. The van der Waals surface area contributed by atoms with Crippen LogP contribution < -0.4 is 0 Å². The highest BCUT2D eigenvalue weighted by molar-refractivity contribution is 4.98. The van der Waals surface area contributed by atoms with E-state index in [-0.39, 0.29) is 0 Å². The summed E-state index contributed by atoms with van der Waals surface area (Å²) < 4.78 is 5.80. The topological polar surface area (TPSA) is 15.7 Å². The van der Waals surface area contributed by atoms with Crippen LogP contribution in [0, 0.1) is 11.3 Å². The molecule has 1 heterocycles. The highest BCUT2D eigenvalue weighted by atomic mass is 16.5. The third kappa shape index (κ3) is 3.94. The fraction of sp³-hybridized carbons (Fsp3) is 1.00. The Balaban J connectivity index is 1.63. The number of hydrogen-bond donors (Lipinski definition) is 0. The van der Waals surface area contributed by atoms with Crippen LogP contribution in [0.2, 0.25) is 0 Å². The van der Waals surface area contributed by atoms with Crippen molar-refractivity contribution in [3.8, 4) is 0 Å². The van der Waals surface area contributed by atoms with Crippen LogP contribution in [0.25, 0.3) is 0 Å². The van der Waals surface area contributed by atoms with Crippen molar-refractivity contribution in [2.24, 2.45) is 11.3 Å². The van der Waals surface area contributed by atoms with Crippen molar-refractivity contribution in [3.05, 3.63) is 0 Å². The van der Waals surface area contributed by atoms with Gasteiger partial charge < -0.3 is 14.5 Å². The molecule has 1 saturated heterocycles. The van der Waals surface area contributed by atoms with Crippen LogP contribution in [0.5, 0.6) is 0 Å². The third-order valence-corrected chi connectivity index (χ3v) is 3.90. The first-order valence-corrected chi connectivity index (χ1v) is 6.98. The van der Waals surface area contributed by atoms with Crippen LogP contribution >= 0.6 is 0 Å². The van der Waals surface area contributed by atoms with Crippen LogP contribution in [0.15, 0.2) is 0 Å². The maximum atomic E-state index is 5.80. The van der Waals surface area contributed by atoms with Crippen molar-refractivity contribution in [1.29, 1.82) is 0 Å². The zero-order chi connectivity index (χ0) is 12.5. The predicted octanol–water partition coefficient (Wildman–Crippen LogP) is 1.69. The summed E-state index contributed by atoms with van der Waals surface area (Å²) in [6.45, 7) is 10.3. The van der Waals surface area contributed by atoms with Crippen LogP contribution in [-0.2, 0) is 4.74 Å². The zero-order valence-electron chi connectivity index (χ0n) is 11.9. The lowest BCUT2D eigenvalue weighted by molar-refractivity contribution is 0.00521. The molecule has 1 aliphatic carbocycles. The van der Waals surface area contributed by atoms with Crippen molar-refractivity contribution in [2.45, 2.75) is 32.8 Å². The van der Waals surface area contributed by atoms with E-state index in [2.05, 4.69) is 37.7 Å². The lowest BCUT2D eigenvalue weighted by Gasteiger charge is -2.42. The maximum Gasteiger partial charge on any atom is 0.0538 e. The second-order valence-corrected chi connectivity index (χ2v) is 6.68. The number of ether oxygens (including phenoxy) is 1. The van der Waals surface area contributed by atoms with Crippen molar-refractivity contribution >= 4 is 0 Å². The molecule has 2 rings (SSSR count).